The Balaban J connectivity index is 1.72. The zero-order chi connectivity index (χ0) is 25.5. The second-order valence-corrected chi connectivity index (χ2v) is 8.80. The molecule has 9 nitrogen and oxygen atoms in total. The minimum atomic E-state index is -0.553. The quantitative estimate of drug-likeness (QED) is 0.408. The van der Waals surface area contributed by atoms with E-state index in [1.54, 1.807) is 36.5 Å². The summed E-state index contributed by atoms with van der Waals surface area (Å²) in [4.78, 5) is 33.8. The molecule has 0 saturated carbocycles. The third-order valence-corrected chi connectivity index (χ3v) is 6.30. The number of aromatic nitrogens is 2. The highest BCUT2D eigenvalue weighted by molar-refractivity contribution is 6.30. The highest BCUT2D eigenvalue weighted by Crippen LogP contribution is 2.34. The average Bonchev–Trinajstić information content (AvgIpc) is 2.93. The summed E-state index contributed by atoms with van der Waals surface area (Å²) in [5.74, 6) is -0.437. The molecule has 0 aliphatic carbocycles. The SMILES string of the molecule is COC(=O)c1ccc(NC(c2ccnc(C#N)c2)C2CCNCC2)c(C(=O)Nc2ccc(Cl)cn2)c1. The molecule has 0 spiro atoms. The summed E-state index contributed by atoms with van der Waals surface area (Å²) in [6.07, 6.45) is 4.88. The molecule has 2 aromatic heterocycles. The first-order chi connectivity index (χ1) is 17.5. The van der Waals surface area contributed by atoms with Crippen molar-refractivity contribution in [3.63, 3.8) is 0 Å². The lowest BCUT2D eigenvalue weighted by atomic mass is 9.85. The number of hydrogen-bond donors (Lipinski definition) is 3. The lowest BCUT2D eigenvalue weighted by Crippen LogP contribution is -2.33. The molecule has 10 heteroatoms. The van der Waals surface area contributed by atoms with Crippen molar-refractivity contribution in [2.45, 2.75) is 18.9 Å². The van der Waals surface area contributed by atoms with Gasteiger partial charge < -0.3 is 20.7 Å². The second-order valence-electron chi connectivity index (χ2n) is 8.36. The maximum Gasteiger partial charge on any atom is 0.337 e. The zero-order valence-corrected chi connectivity index (χ0v) is 20.4. The molecule has 1 saturated heterocycles. The van der Waals surface area contributed by atoms with Crippen LogP contribution in [0.2, 0.25) is 5.02 Å². The molecule has 184 valence electrons. The Bertz CT molecular complexity index is 1290. The number of nitriles is 1. The predicted octanol–water partition coefficient (Wildman–Crippen LogP) is 4.19. The summed E-state index contributed by atoms with van der Waals surface area (Å²) >= 11 is 5.91. The van der Waals surface area contributed by atoms with Crippen LogP contribution in [-0.2, 0) is 4.74 Å². The maximum absolute atomic E-state index is 13.3. The Morgan fingerprint density at radius 3 is 2.67 bits per heavy atom. The smallest absolute Gasteiger partial charge is 0.337 e. The average molecular weight is 505 g/mol. The molecule has 1 aliphatic heterocycles. The number of ether oxygens (including phenoxy) is 1. The number of nitrogens with one attached hydrogen (secondary N) is 3. The third-order valence-electron chi connectivity index (χ3n) is 6.08. The lowest BCUT2D eigenvalue weighted by Gasteiger charge is -2.33. The molecule has 0 bridgehead atoms. The molecule has 1 aliphatic rings. The molecule has 3 aromatic rings. The largest absolute Gasteiger partial charge is 0.465 e. The van der Waals surface area contributed by atoms with Gasteiger partial charge in [-0.15, -0.1) is 0 Å². The van der Waals surface area contributed by atoms with Crippen LogP contribution in [0.3, 0.4) is 0 Å². The van der Waals surface area contributed by atoms with Crippen molar-refractivity contribution >= 4 is 35.0 Å². The molecule has 1 unspecified atom stereocenters. The molecule has 1 amide bonds. The van der Waals surface area contributed by atoms with Crippen molar-refractivity contribution in [2.24, 2.45) is 5.92 Å². The number of anilines is 2. The Labute approximate surface area is 213 Å². The fraction of sp³-hybridized carbons (Fsp3) is 0.269. The van der Waals surface area contributed by atoms with Crippen LogP contribution >= 0.6 is 11.6 Å². The van der Waals surface area contributed by atoms with Crippen LogP contribution in [0.1, 0.15) is 50.9 Å². The summed E-state index contributed by atoms with van der Waals surface area (Å²) < 4.78 is 4.85. The number of rotatable bonds is 7. The number of hydrogen-bond acceptors (Lipinski definition) is 8. The number of piperidine rings is 1. The molecule has 3 heterocycles. The van der Waals surface area contributed by atoms with Gasteiger partial charge in [-0.1, -0.05) is 11.6 Å². The first-order valence-corrected chi connectivity index (χ1v) is 11.8. The highest BCUT2D eigenvalue weighted by atomic mass is 35.5. The number of nitrogens with zero attached hydrogens (tertiary/aromatic N) is 3. The minimum Gasteiger partial charge on any atom is -0.465 e. The first kappa shape index (κ1) is 25.1. The van der Waals surface area contributed by atoms with E-state index in [0.717, 1.165) is 31.5 Å². The molecule has 4 rings (SSSR count). The number of halogens is 1. The molecule has 36 heavy (non-hydrogen) atoms. The van der Waals surface area contributed by atoms with Crippen LogP contribution in [0, 0.1) is 17.2 Å². The molecular weight excluding hydrogens is 480 g/mol. The first-order valence-electron chi connectivity index (χ1n) is 11.5. The van der Waals surface area contributed by atoms with Crippen LogP contribution in [0.25, 0.3) is 0 Å². The van der Waals surface area contributed by atoms with Gasteiger partial charge in [-0.3, -0.25) is 4.79 Å². The van der Waals surface area contributed by atoms with Crippen molar-refractivity contribution in [1.29, 1.82) is 5.26 Å². The van der Waals surface area contributed by atoms with E-state index in [1.165, 1.54) is 19.4 Å². The van der Waals surface area contributed by atoms with Crippen LogP contribution in [0.15, 0.2) is 54.9 Å². The molecule has 3 N–H and O–H groups in total. The summed E-state index contributed by atoms with van der Waals surface area (Å²) in [7, 11) is 1.29. The van der Waals surface area contributed by atoms with E-state index < -0.39 is 11.9 Å². The summed E-state index contributed by atoms with van der Waals surface area (Å²) in [6.45, 7) is 1.74. The van der Waals surface area contributed by atoms with Crippen molar-refractivity contribution in [3.05, 3.63) is 82.3 Å². The Morgan fingerprint density at radius 1 is 1.17 bits per heavy atom. The number of amides is 1. The van der Waals surface area contributed by atoms with Gasteiger partial charge in [0.05, 0.1) is 29.3 Å². The van der Waals surface area contributed by atoms with Crippen LogP contribution in [-0.4, -0.2) is 42.0 Å². The van der Waals surface area contributed by atoms with Gasteiger partial charge in [0, 0.05) is 18.1 Å². The maximum atomic E-state index is 13.3. The van der Waals surface area contributed by atoms with Crippen molar-refractivity contribution < 1.29 is 14.3 Å². The number of carbonyl (C=O) groups is 2. The predicted molar refractivity (Wildman–Crippen MR) is 136 cm³/mol. The monoisotopic (exact) mass is 504 g/mol. The summed E-state index contributed by atoms with van der Waals surface area (Å²) in [5.41, 5.74) is 2.25. The van der Waals surface area contributed by atoms with Gasteiger partial charge in [-0.25, -0.2) is 14.8 Å². The number of benzene rings is 1. The van der Waals surface area contributed by atoms with Crippen molar-refractivity contribution in [1.82, 2.24) is 15.3 Å². The van der Waals surface area contributed by atoms with Gasteiger partial charge in [0.15, 0.2) is 0 Å². The number of carbonyl (C=O) groups excluding carboxylic acids is 2. The number of esters is 1. The Kier molecular flexibility index (Phi) is 8.10. The van der Waals surface area contributed by atoms with E-state index >= 15 is 0 Å². The van der Waals surface area contributed by atoms with Gasteiger partial charge in [-0.05, 0) is 79.9 Å². The van der Waals surface area contributed by atoms with E-state index in [9.17, 15) is 14.9 Å². The molecular formula is C26H25ClN6O3. The van der Waals surface area contributed by atoms with E-state index in [1.807, 2.05) is 6.07 Å². The van der Waals surface area contributed by atoms with Gasteiger partial charge in [0.2, 0.25) is 0 Å². The van der Waals surface area contributed by atoms with Gasteiger partial charge >= 0.3 is 5.97 Å². The van der Waals surface area contributed by atoms with Crippen LogP contribution in [0.5, 0.6) is 0 Å². The summed E-state index contributed by atoms with van der Waals surface area (Å²) in [6, 6.07) is 13.6. The van der Waals surface area contributed by atoms with E-state index in [-0.39, 0.29) is 23.1 Å². The topological polar surface area (TPSA) is 129 Å². The molecule has 1 atom stereocenters. The third kappa shape index (κ3) is 5.97. The van der Waals surface area contributed by atoms with E-state index in [4.69, 9.17) is 16.3 Å². The molecule has 1 fully saturated rings. The van der Waals surface area contributed by atoms with E-state index in [0.29, 0.717) is 22.2 Å². The van der Waals surface area contributed by atoms with Gasteiger partial charge in [0.1, 0.15) is 17.6 Å². The zero-order valence-electron chi connectivity index (χ0n) is 19.6. The fourth-order valence-electron chi connectivity index (χ4n) is 4.26. The minimum absolute atomic E-state index is 0.189. The molecule has 0 radical (unpaired) electrons. The van der Waals surface area contributed by atoms with Crippen molar-refractivity contribution in [3.8, 4) is 6.07 Å². The van der Waals surface area contributed by atoms with Gasteiger partial charge in [0.25, 0.3) is 5.91 Å². The number of methoxy groups -OCH3 is 1. The normalized spacial score (nSPS) is 14.4. The van der Waals surface area contributed by atoms with Crippen LogP contribution < -0.4 is 16.0 Å². The Morgan fingerprint density at radius 2 is 1.97 bits per heavy atom. The fourth-order valence-corrected chi connectivity index (χ4v) is 4.37. The van der Waals surface area contributed by atoms with Crippen molar-refractivity contribution in [2.75, 3.05) is 30.8 Å². The lowest BCUT2D eigenvalue weighted by molar-refractivity contribution is 0.0600. The highest BCUT2D eigenvalue weighted by Gasteiger charge is 2.27. The van der Waals surface area contributed by atoms with E-state index in [2.05, 4.69) is 32.0 Å². The van der Waals surface area contributed by atoms with Gasteiger partial charge in [-0.2, -0.15) is 5.26 Å². The summed E-state index contributed by atoms with van der Waals surface area (Å²) in [5, 5.41) is 19.5. The Hall–Kier alpha value is -4.00. The number of pyridine rings is 2. The second kappa shape index (κ2) is 11.6. The molecule has 1 aromatic carbocycles. The van der Waals surface area contributed by atoms with Crippen LogP contribution in [0.4, 0.5) is 11.5 Å². The standard InChI is InChI=1S/C26H25ClN6O3/c1-36-26(35)18-2-4-22(21(13-18)25(34)33-23-5-3-19(27)15-31-23)32-24(16-6-9-29-10-7-16)17-8-11-30-20(12-17)14-28/h2-5,8,11-13,15-16,24,29,32H,6-7,9-10H2,1H3,(H,31,33,34).